The summed E-state index contributed by atoms with van der Waals surface area (Å²) in [5.41, 5.74) is 1.62. The highest BCUT2D eigenvalue weighted by Crippen LogP contribution is 2.22. The van der Waals surface area contributed by atoms with Crippen LogP contribution in [-0.2, 0) is 11.3 Å². The second kappa shape index (κ2) is 10.2. The van der Waals surface area contributed by atoms with E-state index < -0.39 is 6.03 Å². The van der Waals surface area contributed by atoms with Gasteiger partial charge < -0.3 is 15.5 Å². The van der Waals surface area contributed by atoms with Gasteiger partial charge in [-0.2, -0.15) is 0 Å². The van der Waals surface area contributed by atoms with Crippen molar-refractivity contribution in [3.63, 3.8) is 0 Å². The Morgan fingerprint density at radius 2 is 1.70 bits per heavy atom. The number of hydrogen-bond donors (Lipinski definition) is 3. The van der Waals surface area contributed by atoms with E-state index in [1.54, 1.807) is 43.7 Å². The molecular formula is C21H21N5O3S. The fourth-order valence-corrected chi connectivity index (χ4v) is 3.37. The Kier molecular flexibility index (Phi) is 7.12. The van der Waals surface area contributed by atoms with E-state index in [1.807, 2.05) is 30.3 Å². The van der Waals surface area contributed by atoms with Gasteiger partial charge in [0.15, 0.2) is 0 Å². The number of para-hydroxylation sites is 1. The highest BCUT2D eigenvalue weighted by molar-refractivity contribution is 7.18. The Balaban J connectivity index is 1.46. The average molecular weight is 423 g/mol. The Hall–Kier alpha value is -3.72. The number of rotatable bonds is 7. The topological polar surface area (TPSA) is 103 Å². The van der Waals surface area contributed by atoms with Gasteiger partial charge in [0.25, 0.3) is 5.91 Å². The number of amides is 4. The molecule has 30 heavy (non-hydrogen) atoms. The first-order valence-electron chi connectivity index (χ1n) is 9.15. The molecular weight excluding hydrogens is 402 g/mol. The third kappa shape index (κ3) is 6.14. The van der Waals surface area contributed by atoms with Crippen LogP contribution in [0.2, 0.25) is 0 Å². The van der Waals surface area contributed by atoms with Crippen molar-refractivity contribution in [2.45, 2.75) is 6.54 Å². The van der Waals surface area contributed by atoms with Gasteiger partial charge >= 0.3 is 6.03 Å². The molecule has 0 unspecified atom stereocenters. The van der Waals surface area contributed by atoms with Gasteiger partial charge in [-0.1, -0.05) is 18.2 Å². The van der Waals surface area contributed by atoms with Crippen LogP contribution in [-0.4, -0.2) is 41.3 Å². The quantitative estimate of drug-likeness (QED) is 0.543. The zero-order valence-corrected chi connectivity index (χ0v) is 17.1. The SMILES string of the molecule is CN(Cc1ccncc1)C(=O)CNC(=O)c1ccc(NC(=O)Nc2ccccc2)s1. The molecule has 0 atom stereocenters. The molecule has 3 rings (SSSR count). The minimum Gasteiger partial charge on any atom is -0.342 e. The Morgan fingerprint density at radius 1 is 0.967 bits per heavy atom. The third-order valence-corrected chi connectivity index (χ3v) is 5.09. The molecule has 0 radical (unpaired) electrons. The molecule has 4 amide bonds. The maximum absolute atomic E-state index is 12.3. The number of thiophene rings is 1. The summed E-state index contributed by atoms with van der Waals surface area (Å²) in [6.07, 6.45) is 3.33. The minimum atomic E-state index is -0.400. The zero-order chi connectivity index (χ0) is 21.3. The van der Waals surface area contributed by atoms with Gasteiger partial charge in [0.2, 0.25) is 5.91 Å². The highest BCUT2D eigenvalue weighted by atomic mass is 32.1. The molecule has 9 heteroatoms. The van der Waals surface area contributed by atoms with Crippen molar-refractivity contribution in [1.82, 2.24) is 15.2 Å². The summed E-state index contributed by atoms with van der Waals surface area (Å²) < 4.78 is 0. The molecule has 0 saturated carbocycles. The van der Waals surface area contributed by atoms with E-state index in [-0.39, 0.29) is 18.4 Å². The molecule has 0 saturated heterocycles. The molecule has 1 aromatic carbocycles. The largest absolute Gasteiger partial charge is 0.342 e. The predicted octanol–water partition coefficient (Wildman–Crippen LogP) is 3.18. The van der Waals surface area contributed by atoms with Crippen LogP contribution >= 0.6 is 11.3 Å². The van der Waals surface area contributed by atoms with Crippen molar-refractivity contribution < 1.29 is 14.4 Å². The van der Waals surface area contributed by atoms with Gasteiger partial charge in [-0.25, -0.2) is 4.79 Å². The molecule has 0 bridgehead atoms. The molecule has 8 nitrogen and oxygen atoms in total. The first-order valence-corrected chi connectivity index (χ1v) is 9.97. The summed E-state index contributed by atoms with van der Waals surface area (Å²) in [6.45, 7) is 0.316. The van der Waals surface area contributed by atoms with Crippen molar-refractivity contribution in [1.29, 1.82) is 0 Å². The normalized spacial score (nSPS) is 10.2. The van der Waals surface area contributed by atoms with E-state index in [9.17, 15) is 14.4 Å². The number of likely N-dealkylation sites (N-methyl/N-ethyl adjacent to an activating group) is 1. The predicted molar refractivity (Wildman–Crippen MR) is 116 cm³/mol. The van der Waals surface area contributed by atoms with Crippen molar-refractivity contribution >= 4 is 39.9 Å². The molecule has 0 fully saturated rings. The number of carbonyl (C=O) groups is 3. The summed E-state index contributed by atoms with van der Waals surface area (Å²) >= 11 is 1.13. The van der Waals surface area contributed by atoms with Crippen LogP contribution in [0.1, 0.15) is 15.2 Å². The van der Waals surface area contributed by atoms with Crippen LogP contribution in [0.15, 0.2) is 67.0 Å². The van der Waals surface area contributed by atoms with Crippen LogP contribution in [0.3, 0.4) is 0 Å². The number of anilines is 2. The number of nitrogens with zero attached hydrogens (tertiary/aromatic N) is 2. The average Bonchev–Trinajstić information content (AvgIpc) is 3.21. The van der Waals surface area contributed by atoms with Gasteiger partial charge in [-0.15, -0.1) is 11.3 Å². The second-order valence-electron chi connectivity index (χ2n) is 6.40. The number of urea groups is 1. The van der Waals surface area contributed by atoms with Crippen molar-refractivity contribution in [3.05, 3.63) is 77.4 Å². The van der Waals surface area contributed by atoms with Gasteiger partial charge in [-0.3, -0.25) is 19.9 Å². The summed E-state index contributed by atoms with van der Waals surface area (Å²) in [5.74, 6) is -0.584. The maximum atomic E-state index is 12.3. The first-order chi connectivity index (χ1) is 14.5. The molecule has 0 spiro atoms. The summed E-state index contributed by atoms with van der Waals surface area (Å²) in [4.78, 5) is 42.5. The van der Waals surface area contributed by atoms with Crippen LogP contribution in [0.25, 0.3) is 0 Å². The molecule has 3 N–H and O–H groups in total. The Labute approximate surface area is 177 Å². The fourth-order valence-electron chi connectivity index (χ4n) is 2.55. The highest BCUT2D eigenvalue weighted by Gasteiger charge is 2.14. The molecule has 2 aromatic heterocycles. The smallest absolute Gasteiger partial charge is 0.324 e. The molecule has 154 valence electrons. The van der Waals surface area contributed by atoms with E-state index in [4.69, 9.17) is 0 Å². The molecule has 0 aliphatic carbocycles. The maximum Gasteiger partial charge on any atom is 0.324 e. The number of benzene rings is 1. The zero-order valence-electron chi connectivity index (χ0n) is 16.3. The lowest BCUT2D eigenvalue weighted by Crippen LogP contribution is -2.37. The molecule has 0 aliphatic heterocycles. The fraction of sp³-hybridized carbons (Fsp3) is 0.143. The monoisotopic (exact) mass is 423 g/mol. The number of nitrogens with one attached hydrogen (secondary N) is 3. The molecule has 0 aliphatic rings. The van der Waals surface area contributed by atoms with Crippen molar-refractivity contribution in [3.8, 4) is 0 Å². The van der Waals surface area contributed by atoms with E-state index in [1.165, 1.54) is 4.90 Å². The second-order valence-corrected chi connectivity index (χ2v) is 7.48. The number of carbonyl (C=O) groups excluding carboxylic acids is 3. The van der Waals surface area contributed by atoms with Gasteiger partial charge in [-0.05, 0) is 42.0 Å². The lowest BCUT2D eigenvalue weighted by Gasteiger charge is -2.17. The van der Waals surface area contributed by atoms with Crippen LogP contribution in [0.5, 0.6) is 0 Å². The lowest BCUT2D eigenvalue weighted by molar-refractivity contribution is -0.129. The number of aromatic nitrogens is 1. The van der Waals surface area contributed by atoms with Gasteiger partial charge in [0.05, 0.1) is 16.4 Å². The molecule has 2 heterocycles. The van der Waals surface area contributed by atoms with E-state index in [0.29, 0.717) is 22.1 Å². The lowest BCUT2D eigenvalue weighted by atomic mass is 10.2. The third-order valence-electron chi connectivity index (χ3n) is 4.09. The van der Waals surface area contributed by atoms with Gasteiger partial charge in [0, 0.05) is 31.7 Å². The summed E-state index contributed by atoms with van der Waals surface area (Å²) in [7, 11) is 1.67. The summed E-state index contributed by atoms with van der Waals surface area (Å²) in [5, 5.41) is 8.52. The number of hydrogen-bond acceptors (Lipinski definition) is 5. The Morgan fingerprint density at radius 3 is 2.43 bits per heavy atom. The van der Waals surface area contributed by atoms with Gasteiger partial charge in [0.1, 0.15) is 0 Å². The standard InChI is InChI=1S/C21H21N5O3S/c1-26(14-15-9-11-22-12-10-15)19(27)13-23-20(28)17-7-8-18(30-17)25-21(29)24-16-5-3-2-4-6-16/h2-12H,13-14H2,1H3,(H,23,28)(H2,24,25,29). The van der Waals surface area contributed by atoms with E-state index >= 15 is 0 Å². The number of pyridine rings is 1. The van der Waals surface area contributed by atoms with Crippen LogP contribution in [0, 0.1) is 0 Å². The molecule has 3 aromatic rings. The van der Waals surface area contributed by atoms with Crippen molar-refractivity contribution in [2.75, 3.05) is 24.2 Å². The summed E-state index contributed by atoms with van der Waals surface area (Å²) in [6, 6.07) is 15.5. The minimum absolute atomic E-state index is 0.116. The van der Waals surface area contributed by atoms with E-state index in [0.717, 1.165) is 16.9 Å². The van der Waals surface area contributed by atoms with E-state index in [2.05, 4.69) is 20.9 Å². The Bertz CT molecular complexity index is 1010. The van der Waals surface area contributed by atoms with Crippen LogP contribution < -0.4 is 16.0 Å². The van der Waals surface area contributed by atoms with Crippen LogP contribution in [0.4, 0.5) is 15.5 Å². The van der Waals surface area contributed by atoms with Crippen molar-refractivity contribution in [2.24, 2.45) is 0 Å². The first kappa shape index (κ1) is 21.0.